The molecule has 0 radical (unpaired) electrons. The van der Waals surface area contributed by atoms with Crippen LogP contribution in [0.5, 0.6) is 0 Å². The highest BCUT2D eigenvalue weighted by atomic mass is 32.2. The van der Waals surface area contributed by atoms with E-state index in [1.807, 2.05) is 47.0 Å². The maximum atomic E-state index is 11.9. The van der Waals surface area contributed by atoms with E-state index in [2.05, 4.69) is 16.0 Å². The number of methoxy groups -OCH3 is 1. The molecule has 0 spiro atoms. The summed E-state index contributed by atoms with van der Waals surface area (Å²) in [7, 11) is 1.38. The third-order valence-corrected chi connectivity index (χ3v) is 5.53. The number of nitriles is 1. The Morgan fingerprint density at radius 3 is 2.75 bits per heavy atom. The molecule has 2 aromatic carbocycles. The summed E-state index contributed by atoms with van der Waals surface area (Å²) in [5.74, 6) is -0.314. The summed E-state index contributed by atoms with van der Waals surface area (Å²) in [6.07, 6.45) is 3.41. The van der Waals surface area contributed by atoms with Crippen LogP contribution in [0.2, 0.25) is 0 Å². The molecule has 1 unspecified atom stereocenters. The summed E-state index contributed by atoms with van der Waals surface area (Å²) in [6.45, 7) is 1.79. The van der Waals surface area contributed by atoms with Gasteiger partial charge in [0.2, 0.25) is 0 Å². The van der Waals surface area contributed by atoms with Gasteiger partial charge in [0, 0.05) is 17.0 Å². The first-order valence-electron chi connectivity index (χ1n) is 8.63. The van der Waals surface area contributed by atoms with Crippen LogP contribution in [-0.4, -0.2) is 32.9 Å². The molecule has 0 saturated heterocycles. The first-order valence-corrected chi connectivity index (χ1v) is 9.51. The standard InChI is InChI=1S/C21H16N4O2S/c1-13(20(26)27-2)28-21-24-17-12-23-10-9-19(17)25(21)18-8-7-14(11-22)15-5-3-4-6-16(15)18/h3-10,12-13H,1-2H3. The minimum absolute atomic E-state index is 0.314. The van der Waals surface area contributed by atoms with Gasteiger partial charge in [0.05, 0.1) is 36.1 Å². The maximum Gasteiger partial charge on any atom is 0.318 e. The number of fused-ring (bicyclic) bond motifs is 2. The van der Waals surface area contributed by atoms with Gasteiger partial charge in [0.15, 0.2) is 5.16 Å². The van der Waals surface area contributed by atoms with Crippen LogP contribution in [0.25, 0.3) is 27.5 Å². The van der Waals surface area contributed by atoms with Gasteiger partial charge >= 0.3 is 5.97 Å². The SMILES string of the molecule is COC(=O)C(C)Sc1nc2cnccc2n1-c1ccc(C#N)c2ccccc12. The number of aromatic nitrogens is 3. The number of carbonyl (C=O) groups is 1. The first kappa shape index (κ1) is 18.0. The molecule has 28 heavy (non-hydrogen) atoms. The van der Waals surface area contributed by atoms with Gasteiger partial charge in [-0.2, -0.15) is 5.26 Å². The monoisotopic (exact) mass is 388 g/mol. The van der Waals surface area contributed by atoms with Gasteiger partial charge in [-0.1, -0.05) is 36.0 Å². The van der Waals surface area contributed by atoms with E-state index >= 15 is 0 Å². The van der Waals surface area contributed by atoms with Crippen LogP contribution in [0, 0.1) is 11.3 Å². The van der Waals surface area contributed by atoms with E-state index in [9.17, 15) is 10.1 Å². The lowest BCUT2D eigenvalue weighted by atomic mass is 10.0. The third-order valence-electron chi connectivity index (χ3n) is 4.50. The summed E-state index contributed by atoms with van der Waals surface area (Å²) in [5, 5.41) is 11.5. The molecule has 2 aromatic heterocycles. The van der Waals surface area contributed by atoms with E-state index in [1.165, 1.54) is 18.9 Å². The number of rotatable bonds is 4. The molecular formula is C21H16N4O2S. The van der Waals surface area contributed by atoms with Gasteiger partial charge in [-0.15, -0.1) is 0 Å². The van der Waals surface area contributed by atoms with Crippen molar-refractivity contribution in [2.24, 2.45) is 0 Å². The lowest BCUT2D eigenvalue weighted by Crippen LogP contribution is -2.15. The average Bonchev–Trinajstić information content (AvgIpc) is 3.09. The number of hydrogen-bond donors (Lipinski definition) is 0. The van der Waals surface area contributed by atoms with E-state index < -0.39 is 5.25 Å². The molecular weight excluding hydrogens is 372 g/mol. The molecule has 0 N–H and O–H groups in total. The van der Waals surface area contributed by atoms with E-state index in [0.29, 0.717) is 10.7 Å². The Morgan fingerprint density at radius 2 is 2.00 bits per heavy atom. The summed E-state index contributed by atoms with van der Waals surface area (Å²) in [5.41, 5.74) is 3.12. The van der Waals surface area contributed by atoms with E-state index in [4.69, 9.17) is 4.74 Å². The Kier molecular flexibility index (Phi) is 4.72. The van der Waals surface area contributed by atoms with Crippen LogP contribution in [-0.2, 0) is 9.53 Å². The number of hydrogen-bond acceptors (Lipinski definition) is 6. The molecule has 2 heterocycles. The predicted octanol–water partition coefficient (Wildman–Crippen LogP) is 4.10. The molecule has 1 atom stereocenters. The molecule has 0 aliphatic heterocycles. The van der Waals surface area contributed by atoms with E-state index in [1.54, 1.807) is 19.3 Å². The number of pyridine rings is 1. The van der Waals surface area contributed by atoms with Crippen molar-refractivity contribution in [2.75, 3.05) is 7.11 Å². The van der Waals surface area contributed by atoms with Crippen molar-refractivity contribution in [3.63, 3.8) is 0 Å². The zero-order valence-electron chi connectivity index (χ0n) is 15.3. The lowest BCUT2D eigenvalue weighted by Gasteiger charge is -2.14. The van der Waals surface area contributed by atoms with Crippen LogP contribution in [0.3, 0.4) is 0 Å². The second-order valence-corrected chi connectivity index (χ2v) is 7.48. The normalized spacial score (nSPS) is 12.0. The average molecular weight is 388 g/mol. The molecule has 6 nitrogen and oxygen atoms in total. The van der Waals surface area contributed by atoms with Gasteiger partial charge in [0.1, 0.15) is 10.8 Å². The van der Waals surface area contributed by atoms with Gasteiger partial charge in [0.25, 0.3) is 0 Å². The quantitative estimate of drug-likeness (QED) is 0.387. The second kappa shape index (κ2) is 7.33. The molecule has 0 fully saturated rings. The molecule has 4 aromatic rings. The summed E-state index contributed by atoms with van der Waals surface area (Å²) in [4.78, 5) is 20.8. The number of thioether (sulfide) groups is 1. The Balaban J connectivity index is 1.99. The molecule has 138 valence electrons. The number of esters is 1. The summed E-state index contributed by atoms with van der Waals surface area (Å²) in [6, 6.07) is 15.6. The van der Waals surface area contributed by atoms with Crippen molar-refractivity contribution >= 4 is 39.5 Å². The van der Waals surface area contributed by atoms with Crippen molar-refractivity contribution in [2.45, 2.75) is 17.3 Å². The van der Waals surface area contributed by atoms with Crippen molar-refractivity contribution in [1.82, 2.24) is 14.5 Å². The zero-order chi connectivity index (χ0) is 19.7. The number of imidazole rings is 1. The molecule has 0 aliphatic carbocycles. The topological polar surface area (TPSA) is 80.8 Å². The van der Waals surface area contributed by atoms with Gasteiger partial charge in [-0.3, -0.25) is 14.3 Å². The fourth-order valence-corrected chi connectivity index (χ4v) is 4.13. The minimum atomic E-state index is -0.418. The van der Waals surface area contributed by atoms with E-state index in [0.717, 1.165) is 27.5 Å². The molecule has 7 heteroatoms. The third kappa shape index (κ3) is 2.98. The Morgan fingerprint density at radius 1 is 1.21 bits per heavy atom. The van der Waals surface area contributed by atoms with Crippen molar-refractivity contribution in [3.05, 3.63) is 60.4 Å². The smallest absolute Gasteiger partial charge is 0.318 e. The highest BCUT2D eigenvalue weighted by Crippen LogP contribution is 2.34. The fourth-order valence-electron chi connectivity index (χ4n) is 3.17. The van der Waals surface area contributed by atoms with Crippen molar-refractivity contribution in [3.8, 4) is 11.8 Å². The van der Waals surface area contributed by atoms with Gasteiger partial charge < -0.3 is 4.74 Å². The Bertz CT molecular complexity index is 1240. The minimum Gasteiger partial charge on any atom is -0.468 e. The molecule has 0 saturated carbocycles. The Labute approximate surface area is 165 Å². The Hall–Kier alpha value is -3.37. The summed E-state index contributed by atoms with van der Waals surface area (Å²) >= 11 is 1.33. The lowest BCUT2D eigenvalue weighted by molar-refractivity contribution is -0.139. The number of ether oxygens (including phenoxy) is 1. The van der Waals surface area contributed by atoms with E-state index in [-0.39, 0.29) is 5.97 Å². The maximum absolute atomic E-state index is 11.9. The van der Waals surface area contributed by atoms with Gasteiger partial charge in [-0.25, -0.2) is 4.98 Å². The van der Waals surface area contributed by atoms with Crippen LogP contribution < -0.4 is 0 Å². The highest BCUT2D eigenvalue weighted by molar-refractivity contribution is 8.00. The zero-order valence-corrected chi connectivity index (χ0v) is 16.1. The largest absolute Gasteiger partial charge is 0.468 e. The van der Waals surface area contributed by atoms with Crippen LogP contribution >= 0.6 is 11.8 Å². The highest BCUT2D eigenvalue weighted by Gasteiger charge is 2.22. The van der Waals surface area contributed by atoms with Crippen molar-refractivity contribution in [1.29, 1.82) is 5.26 Å². The van der Waals surface area contributed by atoms with Crippen LogP contribution in [0.15, 0.2) is 60.0 Å². The molecule has 4 rings (SSSR count). The van der Waals surface area contributed by atoms with Crippen LogP contribution in [0.1, 0.15) is 12.5 Å². The molecule has 0 bridgehead atoms. The van der Waals surface area contributed by atoms with Crippen LogP contribution in [0.4, 0.5) is 0 Å². The number of benzene rings is 2. The number of carbonyl (C=O) groups excluding carboxylic acids is 1. The fraction of sp³-hybridized carbons (Fsp3) is 0.143. The first-order chi connectivity index (χ1) is 13.6. The molecule has 0 aliphatic rings. The molecule has 0 amide bonds. The number of nitrogens with zero attached hydrogens (tertiary/aromatic N) is 4. The summed E-state index contributed by atoms with van der Waals surface area (Å²) < 4.78 is 6.86. The predicted molar refractivity (Wildman–Crippen MR) is 108 cm³/mol. The van der Waals surface area contributed by atoms with Crippen molar-refractivity contribution < 1.29 is 9.53 Å². The second-order valence-electron chi connectivity index (χ2n) is 6.17. The van der Waals surface area contributed by atoms with Gasteiger partial charge in [-0.05, 0) is 25.1 Å².